The Morgan fingerprint density at radius 2 is 1.78 bits per heavy atom. The van der Waals surface area contributed by atoms with Crippen LogP contribution >= 0.6 is 0 Å². The maximum absolute atomic E-state index is 13.0. The Morgan fingerprint density at radius 3 is 2.47 bits per heavy atom. The van der Waals surface area contributed by atoms with Gasteiger partial charge in [-0.2, -0.15) is 14.8 Å². The monoisotopic (exact) mass is 436 g/mol. The van der Waals surface area contributed by atoms with E-state index in [0.29, 0.717) is 11.3 Å². The summed E-state index contributed by atoms with van der Waals surface area (Å²) in [7, 11) is 1.30. The topological polar surface area (TPSA) is 125 Å². The van der Waals surface area contributed by atoms with Crippen LogP contribution < -0.4 is 16.6 Å². The van der Waals surface area contributed by atoms with E-state index < -0.39 is 17.2 Å². The number of hydrogen-bond acceptors (Lipinski definition) is 7. The Bertz CT molecular complexity index is 1400. The Hall–Kier alpha value is -4.41. The second kappa shape index (κ2) is 8.38. The van der Waals surface area contributed by atoms with E-state index in [4.69, 9.17) is 4.52 Å². The van der Waals surface area contributed by atoms with Gasteiger partial charge < -0.3 is 9.84 Å². The molecule has 0 spiro atoms. The molecule has 4 rings (SSSR count). The van der Waals surface area contributed by atoms with Gasteiger partial charge in [0.2, 0.25) is 5.82 Å². The third kappa shape index (κ3) is 4.08. The summed E-state index contributed by atoms with van der Waals surface area (Å²) in [5.41, 5.74) is 0.453. The average Bonchev–Trinajstić information content (AvgIpc) is 3.28. The predicted molar refractivity (Wildman–Crippen MR) is 111 cm³/mol. The van der Waals surface area contributed by atoms with Gasteiger partial charge in [0.15, 0.2) is 5.69 Å². The van der Waals surface area contributed by atoms with E-state index in [-0.39, 0.29) is 29.8 Å². The van der Waals surface area contributed by atoms with Gasteiger partial charge in [-0.3, -0.25) is 14.2 Å². The van der Waals surface area contributed by atoms with Crippen molar-refractivity contribution in [2.24, 2.45) is 7.05 Å². The molecule has 0 atom stereocenters. The third-order valence-electron chi connectivity index (χ3n) is 4.65. The Balaban J connectivity index is 1.62. The molecule has 0 bridgehead atoms. The van der Waals surface area contributed by atoms with Crippen molar-refractivity contribution in [3.63, 3.8) is 0 Å². The van der Waals surface area contributed by atoms with E-state index >= 15 is 0 Å². The van der Waals surface area contributed by atoms with Crippen molar-refractivity contribution in [3.05, 3.63) is 92.2 Å². The lowest BCUT2D eigenvalue weighted by molar-refractivity contribution is 0.0907. The molecule has 10 nitrogen and oxygen atoms in total. The second-order valence-corrected chi connectivity index (χ2v) is 6.97. The lowest BCUT2D eigenvalue weighted by Crippen LogP contribution is -2.40. The van der Waals surface area contributed by atoms with Crippen LogP contribution in [0.5, 0.6) is 0 Å². The predicted octanol–water partition coefficient (Wildman–Crippen LogP) is 1.36. The molecule has 1 N–H and O–H groups in total. The quantitative estimate of drug-likeness (QED) is 0.501. The van der Waals surface area contributed by atoms with Crippen molar-refractivity contribution in [1.82, 2.24) is 29.8 Å². The number of nitrogens with one attached hydrogen (secondary N) is 1. The van der Waals surface area contributed by atoms with Crippen molar-refractivity contribution >= 4 is 5.91 Å². The molecule has 32 heavy (non-hydrogen) atoms. The third-order valence-corrected chi connectivity index (χ3v) is 4.65. The Kier molecular flexibility index (Phi) is 5.46. The van der Waals surface area contributed by atoms with Crippen LogP contribution in [0.4, 0.5) is 4.39 Å². The van der Waals surface area contributed by atoms with Gasteiger partial charge in [0.25, 0.3) is 5.56 Å². The summed E-state index contributed by atoms with van der Waals surface area (Å²) in [6.07, 6.45) is 0. The van der Waals surface area contributed by atoms with Gasteiger partial charge in [-0.25, -0.2) is 9.18 Å². The minimum atomic E-state index is -0.738. The number of aromatic nitrogens is 5. The summed E-state index contributed by atoms with van der Waals surface area (Å²) in [6.45, 7) is 2.00. The number of nitrogens with zero attached hydrogens (tertiary/aromatic N) is 5. The summed E-state index contributed by atoms with van der Waals surface area (Å²) in [5.74, 6) is -1.70. The largest absolute Gasteiger partial charge is 0.351 e. The maximum Gasteiger partial charge on any atom is 0.351 e. The molecule has 0 unspecified atom stereocenters. The lowest BCUT2D eigenvalue weighted by Gasteiger charge is -2.08. The molecular weight excluding hydrogens is 419 g/mol. The van der Waals surface area contributed by atoms with Crippen LogP contribution in [0.1, 0.15) is 21.8 Å². The summed E-state index contributed by atoms with van der Waals surface area (Å²) < 4.78 is 19.9. The molecule has 0 radical (unpaired) electrons. The molecule has 11 heteroatoms. The average molecular weight is 436 g/mol. The summed E-state index contributed by atoms with van der Waals surface area (Å²) in [4.78, 5) is 41.4. The van der Waals surface area contributed by atoms with Crippen molar-refractivity contribution in [1.29, 1.82) is 0 Å². The zero-order valence-corrected chi connectivity index (χ0v) is 17.1. The summed E-state index contributed by atoms with van der Waals surface area (Å²) >= 11 is 0. The van der Waals surface area contributed by atoms with Gasteiger partial charge in [-0.15, -0.1) is 0 Å². The number of hydrogen-bond donors (Lipinski definition) is 1. The van der Waals surface area contributed by atoms with Gasteiger partial charge in [0, 0.05) is 13.6 Å². The van der Waals surface area contributed by atoms with Crippen molar-refractivity contribution in [3.8, 4) is 17.2 Å². The highest BCUT2D eigenvalue weighted by Gasteiger charge is 2.21. The van der Waals surface area contributed by atoms with E-state index in [0.717, 1.165) is 14.8 Å². The summed E-state index contributed by atoms with van der Waals surface area (Å²) in [5, 5.41) is 10.3. The van der Waals surface area contributed by atoms with Crippen LogP contribution in [0.2, 0.25) is 0 Å². The van der Waals surface area contributed by atoms with Gasteiger partial charge in [0.1, 0.15) is 5.82 Å². The summed E-state index contributed by atoms with van der Waals surface area (Å²) in [6, 6.07) is 12.6. The Labute approximate surface area is 179 Å². The molecule has 0 saturated heterocycles. The SMILES string of the molecule is Cc1ccc(-n2nc(-c3noc(C(=O)NCc4ccc(F)cc4)n3)c(=O)n(C)c2=O)cc1. The smallest absolute Gasteiger partial charge is 0.344 e. The molecule has 2 heterocycles. The van der Waals surface area contributed by atoms with Gasteiger partial charge in [0.05, 0.1) is 5.69 Å². The van der Waals surface area contributed by atoms with Crippen molar-refractivity contribution in [2.75, 3.05) is 0 Å². The van der Waals surface area contributed by atoms with Crippen LogP contribution in [-0.4, -0.2) is 30.4 Å². The normalized spacial score (nSPS) is 10.8. The van der Waals surface area contributed by atoms with Crippen LogP contribution in [0, 0.1) is 12.7 Å². The van der Waals surface area contributed by atoms with Gasteiger partial charge in [-0.05, 0) is 36.8 Å². The lowest BCUT2D eigenvalue weighted by atomic mass is 10.2. The van der Waals surface area contributed by atoms with Crippen molar-refractivity contribution < 1.29 is 13.7 Å². The fourth-order valence-electron chi connectivity index (χ4n) is 2.84. The van der Waals surface area contributed by atoms with Crippen molar-refractivity contribution in [2.45, 2.75) is 13.5 Å². The molecule has 2 aromatic heterocycles. The van der Waals surface area contributed by atoms with E-state index in [2.05, 4.69) is 20.6 Å². The highest BCUT2D eigenvalue weighted by atomic mass is 19.1. The molecule has 0 saturated carbocycles. The van der Waals surface area contributed by atoms with Gasteiger partial charge in [-0.1, -0.05) is 35.0 Å². The van der Waals surface area contributed by atoms with Gasteiger partial charge >= 0.3 is 17.5 Å². The van der Waals surface area contributed by atoms with E-state index in [1.807, 2.05) is 6.92 Å². The number of aryl methyl sites for hydroxylation is 1. The highest BCUT2D eigenvalue weighted by Crippen LogP contribution is 2.11. The molecule has 162 valence electrons. The number of amides is 1. The number of carbonyl (C=O) groups is 1. The van der Waals surface area contributed by atoms with Crippen LogP contribution in [0.3, 0.4) is 0 Å². The maximum atomic E-state index is 13.0. The first kappa shape index (κ1) is 20.8. The first-order valence-corrected chi connectivity index (χ1v) is 9.47. The second-order valence-electron chi connectivity index (χ2n) is 6.97. The zero-order chi connectivity index (χ0) is 22.8. The first-order chi connectivity index (χ1) is 15.3. The van der Waals surface area contributed by atoms with Crippen LogP contribution in [0.15, 0.2) is 62.6 Å². The molecule has 0 fully saturated rings. The fraction of sp³-hybridized carbons (Fsp3) is 0.143. The van der Waals surface area contributed by atoms with E-state index in [9.17, 15) is 18.8 Å². The minimum absolute atomic E-state index is 0.106. The number of benzene rings is 2. The molecule has 0 aliphatic heterocycles. The van der Waals surface area contributed by atoms with E-state index in [1.165, 1.54) is 31.3 Å². The molecule has 1 amide bonds. The number of rotatable bonds is 5. The molecule has 0 aliphatic carbocycles. The fourth-order valence-corrected chi connectivity index (χ4v) is 2.84. The molecular formula is C21H17FN6O4. The zero-order valence-electron chi connectivity index (χ0n) is 17.1. The molecule has 4 aromatic rings. The number of halogens is 1. The van der Waals surface area contributed by atoms with Crippen LogP contribution in [0.25, 0.3) is 17.2 Å². The Morgan fingerprint density at radius 1 is 1.09 bits per heavy atom. The molecule has 2 aromatic carbocycles. The number of carbonyl (C=O) groups excluding carboxylic acids is 1. The minimum Gasteiger partial charge on any atom is -0.344 e. The molecule has 0 aliphatic rings. The standard InChI is InChI=1S/C21H17FN6O4/c1-12-3-9-15(10-4-12)28-21(31)27(2)20(30)16(25-28)17-24-19(32-26-17)18(29)23-11-13-5-7-14(22)8-6-13/h3-10H,11H2,1-2H3,(H,23,29). The van der Waals surface area contributed by atoms with Crippen LogP contribution in [-0.2, 0) is 13.6 Å². The van der Waals surface area contributed by atoms with E-state index in [1.54, 1.807) is 24.3 Å². The highest BCUT2D eigenvalue weighted by molar-refractivity contribution is 5.89. The first-order valence-electron chi connectivity index (χ1n) is 9.47.